The highest BCUT2D eigenvalue weighted by Crippen LogP contribution is 2.20. The molecule has 0 saturated heterocycles. The van der Waals surface area contributed by atoms with Gasteiger partial charge in [0, 0.05) is 12.7 Å². The number of benzene rings is 1. The molecule has 0 spiro atoms. The number of aromatic nitrogens is 3. The third-order valence-corrected chi connectivity index (χ3v) is 3.68. The van der Waals surface area contributed by atoms with Crippen LogP contribution in [-0.2, 0) is 6.54 Å². The summed E-state index contributed by atoms with van der Waals surface area (Å²) in [4.78, 5) is 7.61. The summed E-state index contributed by atoms with van der Waals surface area (Å²) in [6, 6.07) is 14.4. The summed E-state index contributed by atoms with van der Waals surface area (Å²) in [5, 5.41) is 0. The van der Waals surface area contributed by atoms with Crippen LogP contribution in [0.5, 0.6) is 0 Å². The normalized spacial score (nSPS) is 12.7. The fraction of sp³-hybridized carbons (Fsp3) is 0.200. The van der Waals surface area contributed by atoms with Crippen molar-refractivity contribution in [2.24, 2.45) is 0 Å². The number of pyridine rings is 1. The van der Waals surface area contributed by atoms with Gasteiger partial charge in [0.2, 0.25) is 0 Å². The number of nitrogens with zero attached hydrogens (tertiary/aromatic N) is 2. The van der Waals surface area contributed by atoms with Crippen molar-refractivity contribution in [2.45, 2.75) is 19.4 Å². The van der Waals surface area contributed by atoms with Crippen LogP contribution in [0, 0.1) is 4.77 Å². The molecule has 0 aliphatic heterocycles. The Labute approximate surface area is 116 Å². The molecule has 2 heterocycles. The zero-order valence-electron chi connectivity index (χ0n) is 10.7. The zero-order valence-corrected chi connectivity index (χ0v) is 11.5. The van der Waals surface area contributed by atoms with Gasteiger partial charge in [-0.1, -0.05) is 37.3 Å². The molecule has 4 heteroatoms. The monoisotopic (exact) mass is 269 g/mol. The molecule has 1 N–H and O–H groups in total. The highest BCUT2D eigenvalue weighted by atomic mass is 32.1. The largest absolute Gasteiger partial charge is 0.329 e. The lowest BCUT2D eigenvalue weighted by Gasteiger charge is -2.13. The van der Waals surface area contributed by atoms with Gasteiger partial charge < -0.3 is 9.55 Å². The van der Waals surface area contributed by atoms with Gasteiger partial charge in [-0.3, -0.25) is 0 Å². The number of nitrogens with one attached hydrogen (secondary N) is 1. The molecule has 1 atom stereocenters. The van der Waals surface area contributed by atoms with Crippen LogP contribution in [0.1, 0.15) is 18.4 Å². The second-order valence-corrected chi connectivity index (χ2v) is 5.11. The average Bonchev–Trinajstić information content (AvgIpc) is 2.76. The summed E-state index contributed by atoms with van der Waals surface area (Å²) in [7, 11) is 0. The van der Waals surface area contributed by atoms with Crippen LogP contribution in [0.15, 0.2) is 48.7 Å². The van der Waals surface area contributed by atoms with Crippen LogP contribution < -0.4 is 0 Å². The Hall–Kier alpha value is -1.94. The fourth-order valence-electron chi connectivity index (χ4n) is 2.32. The Balaban J connectivity index is 1.98. The number of H-pyrrole nitrogens is 1. The summed E-state index contributed by atoms with van der Waals surface area (Å²) >= 11 is 5.39. The van der Waals surface area contributed by atoms with Crippen molar-refractivity contribution in [2.75, 3.05) is 0 Å². The van der Waals surface area contributed by atoms with Gasteiger partial charge in [-0.25, -0.2) is 4.98 Å². The first kappa shape index (κ1) is 12.1. The second kappa shape index (κ2) is 4.97. The standard InChI is InChI=1S/C15H15N3S/c1-11(12-6-3-2-4-7-12)10-18-14-13(17-15(18)19)8-5-9-16-14/h2-9,11H,10H2,1H3,(H,17,19). The highest BCUT2D eigenvalue weighted by Gasteiger charge is 2.10. The molecule has 3 nitrogen and oxygen atoms in total. The van der Waals surface area contributed by atoms with Gasteiger partial charge in [-0.2, -0.15) is 0 Å². The van der Waals surface area contributed by atoms with E-state index in [1.807, 2.05) is 18.2 Å². The molecular weight excluding hydrogens is 254 g/mol. The number of imidazole rings is 1. The Kier molecular flexibility index (Phi) is 3.17. The van der Waals surface area contributed by atoms with Crippen molar-refractivity contribution in [1.82, 2.24) is 14.5 Å². The lowest BCUT2D eigenvalue weighted by atomic mass is 10.0. The summed E-state index contributed by atoms with van der Waals surface area (Å²) in [6.07, 6.45) is 1.80. The van der Waals surface area contributed by atoms with E-state index in [0.717, 1.165) is 22.5 Å². The van der Waals surface area contributed by atoms with Gasteiger partial charge in [-0.05, 0) is 35.8 Å². The third kappa shape index (κ3) is 2.31. The van der Waals surface area contributed by atoms with Gasteiger partial charge in [-0.15, -0.1) is 0 Å². The van der Waals surface area contributed by atoms with Crippen molar-refractivity contribution in [1.29, 1.82) is 0 Å². The molecule has 0 aliphatic rings. The van der Waals surface area contributed by atoms with Crippen LogP contribution in [-0.4, -0.2) is 14.5 Å². The van der Waals surface area contributed by atoms with E-state index in [1.54, 1.807) is 6.20 Å². The average molecular weight is 269 g/mol. The molecule has 19 heavy (non-hydrogen) atoms. The van der Waals surface area contributed by atoms with Gasteiger partial charge in [0.05, 0.1) is 5.52 Å². The molecule has 3 aromatic rings. The molecule has 1 aromatic carbocycles. The highest BCUT2D eigenvalue weighted by molar-refractivity contribution is 7.71. The van der Waals surface area contributed by atoms with Gasteiger partial charge in [0.1, 0.15) is 0 Å². The minimum atomic E-state index is 0.397. The zero-order chi connectivity index (χ0) is 13.2. The van der Waals surface area contributed by atoms with E-state index < -0.39 is 0 Å². The quantitative estimate of drug-likeness (QED) is 0.732. The van der Waals surface area contributed by atoms with Crippen LogP contribution >= 0.6 is 12.2 Å². The van der Waals surface area contributed by atoms with Crippen molar-refractivity contribution < 1.29 is 0 Å². The summed E-state index contributed by atoms with van der Waals surface area (Å²) in [5.74, 6) is 0.397. The van der Waals surface area contributed by atoms with E-state index in [2.05, 4.69) is 45.7 Å². The maximum absolute atomic E-state index is 5.39. The van der Waals surface area contributed by atoms with Gasteiger partial charge >= 0.3 is 0 Å². The van der Waals surface area contributed by atoms with Crippen LogP contribution in [0.4, 0.5) is 0 Å². The summed E-state index contributed by atoms with van der Waals surface area (Å²) < 4.78 is 2.80. The molecule has 2 aromatic heterocycles. The number of fused-ring (bicyclic) bond motifs is 1. The minimum absolute atomic E-state index is 0.397. The van der Waals surface area contributed by atoms with E-state index in [-0.39, 0.29) is 0 Å². The van der Waals surface area contributed by atoms with E-state index in [0.29, 0.717) is 5.92 Å². The number of hydrogen-bond donors (Lipinski definition) is 1. The van der Waals surface area contributed by atoms with Crippen molar-refractivity contribution in [3.63, 3.8) is 0 Å². The van der Waals surface area contributed by atoms with Crippen LogP contribution in [0.25, 0.3) is 11.2 Å². The Bertz CT molecular complexity index is 743. The van der Waals surface area contributed by atoms with Gasteiger partial charge in [0.25, 0.3) is 0 Å². The number of rotatable bonds is 3. The fourth-order valence-corrected chi connectivity index (χ4v) is 2.59. The van der Waals surface area contributed by atoms with Crippen LogP contribution in [0.2, 0.25) is 0 Å². The van der Waals surface area contributed by atoms with E-state index >= 15 is 0 Å². The molecule has 0 amide bonds. The third-order valence-electron chi connectivity index (χ3n) is 3.35. The lowest BCUT2D eigenvalue weighted by molar-refractivity contribution is 0.601. The van der Waals surface area contributed by atoms with Crippen molar-refractivity contribution in [3.8, 4) is 0 Å². The van der Waals surface area contributed by atoms with Gasteiger partial charge in [0.15, 0.2) is 10.4 Å². The molecule has 96 valence electrons. The van der Waals surface area contributed by atoms with E-state index in [4.69, 9.17) is 12.2 Å². The smallest absolute Gasteiger partial charge is 0.179 e. The first-order valence-corrected chi connectivity index (χ1v) is 6.75. The predicted octanol–water partition coefficient (Wildman–Crippen LogP) is 3.90. The molecular formula is C15H15N3S. The van der Waals surface area contributed by atoms with Crippen molar-refractivity contribution in [3.05, 3.63) is 59.0 Å². The first-order chi connectivity index (χ1) is 9.25. The lowest BCUT2D eigenvalue weighted by Crippen LogP contribution is -2.06. The summed E-state index contributed by atoms with van der Waals surface area (Å²) in [6.45, 7) is 3.04. The predicted molar refractivity (Wildman–Crippen MR) is 79.8 cm³/mol. The molecule has 0 saturated carbocycles. The summed E-state index contributed by atoms with van der Waals surface area (Å²) in [5.41, 5.74) is 3.23. The molecule has 3 rings (SSSR count). The maximum atomic E-state index is 5.39. The van der Waals surface area contributed by atoms with E-state index in [9.17, 15) is 0 Å². The number of hydrogen-bond acceptors (Lipinski definition) is 2. The molecule has 0 aliphatic carbocycles. The molecule has 0 bridgehead atoms. The minimum Gasteiger partial charge on any atom is -0.329 e. The van der Waals surface area contributed by atoms with Crippen LogP contribution in [0.3, 0.4) is 0 Å². The molecule has 0 radical (unpaired) electrons. The Morgan fingerprint density at radius 3 is 2.79 bits per heavy atom. The Morgan fingerprint density at radius 1 is 1.21 bits per heavy atom. The number of aromatic amines is 1. The first-order valence-electron chi connectivity index (χ1n) is 6.34. The van der Waals surface area contributed by atoms with Crippen molar-refractivity contribution >= 4 is 23.4 Å². The maximum Gasteiger partial charge on any atom is 0.179 e. The second-order valence-electron chi connectivity index (χ2n) is 4.73. The SMILES string of the molecule is CC(Cn1c(=S)[nH]c2cccnc21)c1ccccc1. The molecule has 1 unspecified atom stereocenters. The Morgan fingerprint density at radius 2 is 2.00 bits per heavy atom. The topological polar surface area (TPSA) is 33.6 Å². The molecule has 0 fully saturated rings. The van der Waals surface area contributed by atoms with E-state index in [1.165, 1.54) is 5.56 Å².